The first-order valence-electron chi connectivity index (χ1n) is 11.9. The van der Waals surface area contributed by atoms with Gasteiger partial charge in [-0.25, -0.2) is 0 Å². The normalized spacial score (nSPS) is 49.3. The number of hydrogen-bond donors (Lipinski definition) is 2. The highest BCUT2D eigenvalue weighted by Crippen LogP contribution is 2.70. The zero-order valence-electron chi connectivity index (χ0n) is 18.1. The van der Waals surface area contributed by atoms with Crippen molar-refractivity contribution in [3.05, 3.63) is 24.2 Å². The Morgan fingerprint density at radius 1 is 1.07 bits per heavy atom. The third-order valence-electron chi connectivity index (χ3n) is 10.2. The molecule has 0 amide bonds. The van der Waals surface area contributed by atoms with E-state index < -0.39 is 5.60 Å². The molecule has 4 aliphatic rings. The maximum Gasteiger partial charge on any atom is 0.0983 e. The minimum atomic E-state index is -0.733. The first-order valence-corrected chi connectivity index (χ1v) is 11.9. The van der Waals surface area contributed by atoms with Crippen LogP contribution in [0.25, 0.3) is 0 Å². The van der Waals surface area contributed by atoms with Gasteiger partial charge in [-0.3, -0.25) is 0 Å². The molecule has 0 aliphatic heterocycles. The van der Waals surface area contributed by atoms with Gasteiger partial charge in [-0.05, 0) is 92.9 Å². The van der Waals surface area contributed by atoms with E-state index >= 15 is 0 Å². The molecule has 0 spiro atoms. The van der Waals surface area contributed by atoms with Gasteiger partial charge in [0.05, 0.1) is 37.4 Å². The van der Waals surface area contributed by atoms with E-state index in [0.29, 0.717) is 24.0 Å². The molecule has 8 atom stereocenters. The van der Waals surface area contributed by atoms with E-state index in [2.05, 4.69) is 13.8 Å². The molecule has 2 N–H and O–H groups in total. The minimum Gasteiger partial charge on any atom is -0.472 e. The van der Waals surface area contributed by atoms with Crippen molar-refractivity contribution < 1.29 is 19.4 Å². The first-order chi connectivity index (χ1) is 13.9. The molecule has 0 aromatic carbocycles. The van der Waals surface area contributed by atoms with Crippen molar-refractivity contribution in [3.8, 4) is 0 Å². The Balaban J connectivity index is 1.37. The first kappa shape index (κ1) is 20.1. The summed E-state index contributed by atoms with van der Waals surface area (Å²) in [4.78, 5) is 0. The smallest absolute Gasteiger partial charge is 0.0983 e. The number of furan rings is 1. The van der Waals surface area contributed by atoms with Crippen molar-refractivity contribution in [2.45, 2.75) is 83.3 Å². The third kappa shape index (κ3) is 2.81. The highest BCUT2D eigenvalue weighted by Gasteiger charge is 2.65. The molecule has 5 rings (SSSR count). The molecule has 0 bridgehead atoms. The molecule has 4 heteroatoms. The Hall–Kier alpha value is -0.840. The van der Waals surface area contributed by atoms with Gasteiger partial charge in [0.2, 0.25) is 0 Å². The summed E-state index contributed by atoms with van der Waals surface area (Å²) >= 11 is 0. The number of aliphatic hydroxyl groups excluding tert-OH is 1. The van der Waals surface area contributed by atoms with E-state index in [1.54, 1.807) is 12.5 Å². The summed E-state index contributed by atoms with van der Waals surface area (Å²) < 4.78 is 11.3. The van der Waals surface area contributed by atoms with E-state index in [1.165, 1.54) is 32.1 Å². The Kier molecular flexibility index (Phi) is 4.92. The number of aliphatic hydroxyl groups is 2. The fourth-order valence-electron chi connectivity index (χ4n) is 8.58. The van der Waals surface area contributed by atoms with E-state index in [-0.39, 0.29) is 12.0 Å². The zero-order chi connectivity index (χ0) is 20.3. The van der Waals surface area contributed by atoms with Crippen molar-refractivity contribution in [2.24, 2.45) is 34.5 Å². The average Bonchev–Trinajstić information content (AvgIpc) is 3.34. The highest BCUT2D eigenvalue weighted by molar-refractivity contribution is 5.26. The zero-order valence-corrected chi connectivity index (χ0v) is 18.1. The predicted octanol–water partition coefficient (Wildman–Crippen LogP) is 4.89. The van der Waals surface area contributed by atoms with Gasteiger partial charge in [0.25, 0.3) is 0 Å². The van der Waals surface area contributed by atoms with Crippen molar-refractivity contribution in [2.75, 3.05) is 13.2 Å². The lowest BCUT2D eigenvalue weighted by Crippen LogP contribution is -2.56. The highest BCUT2D eigenvalue weighted by atomic mass is 16.5. The lowest BCUT2D eigenvalue weighted by molar-refractivity contribution is -0.165. The van der Waals surface area contributed by atoms with Crippen LogP contribution in [0.2, 0.25) is 0 Å². The molecule has 0 radical (unpaired) electrons. The molecule has 4 fully saturated rings. The lowest BCUT2D eigenvalue weighted by Gasteiger charge is -2.61. The van der Waals surface area contributed by atoms with Gasteiger partial charge < -0.3 is 19.4 Å². The number of rotatable bonds is 4. The van der Waals surface area contributed by atoms with E-state index in [4.69, 9.17) is 14.3 Å². The van der Waals surface area contributed by atoms with Gasteiger partial charge in [-0.2, -0.15) is 0 Å². The summed E-state index contributed by atoms with van der Waals surface area (Å²) in [5.41, 5.74) is 0.633. The van der Waals surface area contributed by atoms with Gasteiger partial charge in [-0.1, -0.05) is 13.8 Å². The molecular formula is C25H38O4. The number of fused-ring (bicyclic) bond motifs is 5. The quantitative estimate of drug-likeness (QED) is 0.753. The van der Waals surface area contributed by atoms with Crippen molar-refractivity contribution in [1.29, 1.82) is 0 Å². The fourth-order valence-corrected chi connectivity index (χ4v) is 8.58. The molecule has 4 aliphatic carbocycles. The Labute approximate surface area is 175 Å². The lowest BCUT2D eigenvalue weighted by atomic mass is 9.44. The SMILES string of the molecule is C[C@]12CCC(OCCO)CC1CC[C@@H]1[C@H]2CC[C@@]2(C)[C@H]1CCC2(O)c1ccoc1. The van der Waals surface area contributed by atoms with Crippen LogP contribution in [0.4, 0.5) is 0 Å². The van der Waals surface area contributed by atoms with Gasteiger partial charge in [0, 0.05) is 11.0 Å². The Bertz CT molecular complexity index is 716. The molecule has 162 valence electrons. The topological polar surface area (TPSA) is 62.8 Å². The summed E-state index contributed by atoms with van der Waals surface area (Å²) in [6.07, 6.45) is 14.3. The Morgan fingerprint density at radius 3 is 2.66 bits per heavy atom. The molecular weight excluding hydrogens is 364 g/mol. The van der Waals surface area contributed by atoms with Crippen LogP contribution in [-0.2, 0) is 10.3 Å². The van der Waals surface area contributed by atoms with Crippen molar-refractivity contribution >= 4 is 0 Å². The van der Waals surface area contributed by atoms with Crippen LogP contribution in [0.15, 0.2) is 23.0 Å². The Morgan fingerprint density at radius 2 is 1.90 bits per heavy atom. The van der Waals surface area contributed by atoms with E-state index in [1.807, 2.05) is 6.07 Å². The molecule has 3 unspecified atom stereocenters. The summed E-state index contributed by atoms with van der Waals surface area (Å²) in [5, 5.41) is 20.9. The standard InChI is InChI=1S/C25H38O4/c1-23-9-5-19(29-14-12-26)15-17(23)3-4-20-21(23)6-10-24(2)22(20)7-11-25(24,27)18-8-13-28-16-18/h8,13,16-17,19-22,26-27H,3-7,9-12,14-15H2,1-2H3/t17?,19?,20-,21-,22+,23+,24+,25?/m1/s1. The molecule has 1 heterocycles. The van der Waals surface area contributed by atoms with Crippen LogP contribution in [0.5, 0.6) is 0 Å². The van der Waals surface area contributed by atoms with Gasteiger partial charge in [0.15, 0.2) is 0 Å². The summed E-state index contributed by atoms with van der Waals surface area (Å²) in [5.74, 6) is 2.89. The fraction of sp³-hybridized carbons (Fsp3) is 0.840. The molecule has 4 nitrogen and oxygen atoms in total. The molecule has 0 saturated heterocycles. The second-order valence-corrected chi connectivity index (χ2v) is 11.0. The summed E-state index contributed by atoms with van der Waals surface area (Å²) in [6.45, 7) is 5.54. The number of ether oxygens (including phenoxy) is 1. The second kappa shape index (κ2) is 7.10. The monoisotopic (exact) mass is 402 g/mol. The summed E-state index contributed by atoms with van der Waals surface area (Å²) in [6, 6.07) is 1.98. The molecule has 1 aromatic rings. The maximum absolute atomic E-state index is 11.8. The van der Waals surface area contributed by atoms with Crippen molar-refractivity contribution in [3.63, 3.8) is 0 Å². The minimum absolute atomic E-state index is 0.0390. The van der Waals surface area contributed by atoms with E-state index in [0.717, 1.165) is 49.0 Å². The van der Waals surface area contributed by atoms with E-state index in [9.17, 15) is 5.11 Å². The maximum atomic E-state index is 11.8. The van der Waals surface area contributed by atoms with Crippen LogP contribution < -0.4 is 0 Å². The second-order valence-electron chi connectivity index (χ2n) is 11.0. The van der Waals surface area contributed by atoms with Crippen LogP contribution in [0, 0.1) is 34.5 Å². The van der Waals surface area contributed by atoms with Gasteiger partial charge in [-0.15, -0.1) is 0 Å². The predicted molar refractivity (Wildman–Crippen MR) is 111 cm³/mol. The van der Waals surface area contributed by atoms with Crippen LogP contribution in [0.1, 0.15) is 77.2 Å². The van der Waals surface area contributed by atoms with Crippen molar-refractivity contribution in [1.82, 2.24) is 0 Å². The largest absolute Gasteiger partial charge is 0.472 e. The average molecular weight is 403 g/mol. The van der Waals surface area contributed by atoms with Crippen LogP contribution >= 0.6 is 0 Å². The third-order valence-corrected chi connectivity index (χ3v) is 10.2. The van der Waals surface area contributed by atoms with Crippen LogP contribution in [0.3, 0.4) is 0 Å². The van der Waals surface area contributed by atoms with Gasteiger partial charge in [0.1, 0.15) is 0 Å². The summed E-state index contributed by atoms with van der Waals surface area (Å²) in [7, 11) is 0. The number of hydrogen-bond acceptors (Lipinski definition) is 4. The molecule has 1 aromatic heterocycles. The van der Waals surface area contributed by atoms with Crippen LogP contribution in [-0.4, -0.2) is 29.5 Å². The van der Waals surface area contributed by atoms with Gasteiger partial charge >= 0.3 is 0 Å². The molecule has 29 heavy (non-hydrogen) atoms. The molecule has 4 saturated carbocycles.